The number of amides is 2. The number of terminal acetylenes is 1. The van der Waals surface area contributed by atoms with Crippen LogP contribution in [0.2, 0.25) is 0 Å². The predicted octanol–water partition coefficient (Wildman–Crippen LogP) is 2.43. The number of ether oxygens (including phenoxy) is 2. The number of rotatable bonds is 7. The largest absolute Gasteiger partial charge is 0.481 e. The van der Waals surface area contributed by atoms with E-state index >= 15 is 0 Å². The molecule has 1 heterocycles. The first kappa shape index (κ1) is 20.1. The van der Waals surface area contributed by atoms with Crippen molar-refractivity contribution >= 4 is 23.5 Å². The van der Waals surface area contributed by atoms with Crippen LogP contribution < -0.4 is 9.64 Å². The first-order valence-electron chi connectivity index (χ1n) is 9.00. The first-order valence-corrected chi connectivity index (χ1v) is 9.00. The van der Waals surface area contributed by atoms with E-state index in [0.717, 1.165) is 4.90 Å². The monoisotopic (exact) mass is 393 g/mol. The normalized spacial score (nSPS) is 13.6. The molecule has 0 aromatic heterocycles. The van der Waals surface area contributed by atoms with Gasteiger partial charge in [-0.05, 0) is 36.8 Å². The lowest BCUT2D eigenvalue weighted by atomic mass is 10.1. The van der Waals surface area contributed by atoms with Crippen molar-refractivity contribution in [2.24, 2.45) is 0 Å². The van der Waals surface area contributed by atoms with Gasteiger partial charge in [0.2, 0.25) is 0 Å². The number of hydrogen-bond donors (Lipinski definition) is 1. The molecule has 0 aliphatic carbocycles. The van der Waals surface area contributed by atoms with Crippen molar-refractivity contribution in [3.8, 4) is 18.1 Å². The fourth-order valence-corrected chi connectivity index (χ4v) is 2.81. The van der Waals surface area contributed by atoms with Gasteiger partial charge in [0.25, 0.3) is 11.8 Å². The molecule has 0 spiro atoms. The predicted molar refractivity (Wildman–Crippen MR) is 105 cm³/mol. The minimum Gasteiger partial charge on any atom is -0.481 e. The van der Waals surface area contributed by atoms with Gasteiger partial charge < -0.3 is 14.6 Å². The number of hydrogen-bond acceptors (Lipinski definition) is 6. The lowest BCUT2D eigenvalue weighted by Gasteiger charge is -2.14. The number of nitrogens with zero attached hydrogens (tertiary/aromatic N) is 1. The average Bonchev–Trinajstić information content (AvgIpc) is 3.00. The maximum absolute atomic E-state index is 12.9. The zero-order valence-electron chi connectivity index (χ0n) is 15.8. The summed E-state index contributed by atoms with van der Waals surface area (Å²) in [7, 11) is 0. The fraction of sp³-hybridized carbons (Fsp3) is 0.227. The van der Waals surface area contributed by atoms with Gasteiger partial charge in [-0.25, -0.2) is 9.69 Å². The van der Waals surface area contributed by atoms with Gasteiger partial charge in [0, 0.05) is 6.07 Å². The van der Waals surface area contributed by atoms with E-state index in [2.05, 4.69) is 5.92 Å². The summed E-state index contributed by atoms with van der Waals surface area (Å²) in [6, 6.07) is 10.6. The number of aliphatic hydroxyl groups is 1. The Balaban J connectivity index is 1.84. The van der Waals surface area contributed by atoms with Crippen molar-refractivity contribution in [3.05, 3.63) is 59.2 Å². The molecule has 1 N–H and O–H groups in total. The molecule has 2 amide bonds. The van der Waals surface area contributed by atoms with Gasteiger partial charge in [-0.2, -0.15) is 0 Å². The van der Waals surface area contributed by atoms with Crippen LogP contribution in [0, 0.1) is 12.3 Å². The van der Waals surface area contributed by atoms with Gasteiger partial charge in [0.1, 0.15) is 19.0 Å². The molecule has 0 fully saturated rings. The number of esters is 1. The lowest BCUT2D eigenvalue weighted by molar-refractivity contribution is 0.0250. The number of aliphatic hydroxyl groups excluding tert-OH is 1. The highest BCUT2D eigenvalue weighted by atomic mass is 16.5. The smallest absolute Gasteiger partial charge is 0.338 e. The quantitative estimate of drug-likeness (QED) is 0.441. The number of carbonyl (C=O) groups excluding carboxylic acids is 3. The summed E-state index contributed by atoms with van der Waals surface area (Å²) in [4.78, 5) is 38.8. The van der Waals surface area contributed by atoms with Crippen LogP contribution in [-0.4, -0.2) is 42.2 Å². The maximum atomic E-state index is 12.9. The molecular formula is C22H19NO6. The van der Waals surface area contributed by atoms with Crippen molar-refractivity contribution in [3.63, 3.8) is 0 Å². The molecule has 1 atom stereocenters. The van der Waals surface area contributed by atoms with Crippen LogP contribution in [0.4, 0.5) is 5.69 Å². The van der Waals surface area contributed by atoms with Gasteiger partial charge in [0.15, 0.2) is 0 Å². The Bertz CT molecular complexity index is 1010. The Morgan fingerprint density at radius 2 is 1.93 bits per heavy atom. The molecule has 7 nitrogen and oxygen atoms in total. The van der Waals surface area contributed by atoms with Crippen molar-refractivity contribution in [2.75, 3.05) is 18.1 Å². The van der Waals surface area contributed by atoms with Gasteiger partial charge in [-0.3, -0.25) is 9.59 Å². The molecule has 1 unspecified atom stereocenters. The topological polar surface area (TPSA) is 93.1 Å². The van der Waals surface area contributed by atoms with Crippen LogP contribution in [0.5, 0.6) is 5.75 Å². The van der Waals surface area contributed by atoms with Crippen LogP contribution in [-0.2, 0) is 4.74 Å². The highest BCUT2D eigenvalue weighted by molar-refractivity contribution is 6.34. The molecule has 148 valence electrons. The molecular weight excluding hydrogens is 374 g/mol. The summed E-state index contributed by atoms with van der Waals surface area (Å²) in [5, 5.41) is 9.52. The Hall–Kier alpha value is -3.63. The molecule has 2 aromatic carbocycles. The number of anilines is 1. The molecule has 0 bridgehead atoms. The summed E-state index contributed by atoms with van der Waals surface area (Å²) in [5.41, 5.74) is 0.757. The van der Waals surface area contributed by atoms with Gasteiger partial charge >= 0.3 is 5.97 Å². The van der Waals surface area contributed by atoms with E-state index < -0.39 is 23.9 Å². The summed E-state index contributed by atoms with van der Waals surface area (Å²) < 4.78 is 10.4. The third-order valence-electron chi connectivity index (χ3n) is 4.40. The molecule has 0 saturated carbocycles. The van der Waals surface area contributed by atoms with E-state index in [9.17, 15) is 19.5 Å². The minimum atomic E-state index is -0.754. The standard InChI is InChI=1S/C22H19NO6/c1-3-10-28-17-7-5-6-15(12-17)23-20(25)18-9-8-14(11-19(18)21(23)26)22(27)29-13-16(24)4-2/h1,5-9,11-12,16,24H,4,10,13H2,2H3. The number of carbonyl (C=O) groups is 3. The first-order chi connectivity index (χ1) is 14.0. The summed E-state index contributed by atoms with van der Waals surface area (Å²) in [5.74, 6) is 1.04. The zero-order chi connectivity index (χ0) is 21.0. The van der Waals surface area contributed by atoms with E-state index in [1.807, 2.05) is 0 Å². The Labute approximate surface area is 167 Å². The molecule has 3 rings (SSSR count). The van der Waals surface area contributed by atoms with Gasteiger partial charge in [0.05, 0.1) is 28.5 Å². The lowest BCUT2D eigenvalue weighted by Crippen LogP contribution is -2.29. The molecule has 1 aliphatic heterocycles. The molecule has 7 heteroatoms. The molecule has 1 aliphatic rings. The van der Waals surface area contributed by atoms with Crippen LogP contribution >= 0.6 is 0 Å². The molecule has 0 saturated heterocycles. The van der Waals surface area contributed by atoms with E-state index in [1.165, 1.54) is 18.2 Å². The SMILES string of the molecule is C#CCOc1cccc(N2C(=O)c3ccc(C(=O)OCC(O)CC)cc3C2=O)c1. The minimum absolute atomic E-state index is 0.0593. The van der Waals surface area contributed by atoms with Crippen molar-refractivity contribution in [1.29, 1.82) is 0 Å². The van der Waals surface area contributed by atoms with Gasteiger partial charge in [-0.15, -0.1) is 6.42 Å². The molecule has 29 heavy (non-hydrogen) atoms. The highest BCUT2D eigenvalue weighted by Gasteiger charge is 2.37. The second kappa shape index (κ2) is 8.59. The Morgan fingerprint density at radius 3 is 2.66 bits per heavy atom. The van der Waals surface area contributed by atoms with Crippen molar-refractivity contribution < 1.29 is 29.0 Å². The van der Waals surface area contributed by atoms with Crippen LogP contribution in [0.15, 0.2) is 42.5 Å². The zero-order valence-corrected chi connectivity index (χ0v) is 15.8. The van der Waals surface area contributed by atoms with Crippen molar-refractivity contribution in [2.45, 2.75) is 19.4 Å². The second-order valence-corrected chi connectivity index (χ2v) is 6.36. The third-order valence-corrected chi connectivity index (χ3v) is 4.40. The van der Waals surface area contributed by atoms with E-state index in [0.29, 0.717) is 17.9 Å². The van der Waals surface area contributed by atoms with Gasteiger partial charge in [-0.1, -0.05) is 18.9 Å². The maximum Gasteiger partial charge on any atom is 0.338 e. The van der Waals surface area contributed by atoms with E-state index in [-0.39, 0.29) is 29.9 Å². The second-order valence-electron chi connectivity index (χ2n) is 6.36. The highest BCUT2D eigenvalue weighted by Crippen LogP contribution is 2.31. The van der Waals surface area contributed by atoms with Crippen LogP contribution in [0.3, 0.4) is 0 Å². The van der Waals surface area contributed by atoms with Crippen LogP contribution in [0.1, 0.15) is 44.4 Å². The molecule has 0 radical (unpaired) electrons. The van der Waals surface area contributed by atoms with E-state index in [4.69, 9.17) is 15.9 Å². The average molecular weight is 393 g/mol. The molecule has 2 aromatic rings. The fourth-order valence-electron chi connectivity index (χ4n) is 2.81. The third kappa shape index (κ3) is 4.13. The Kier molecular flexibility index (Phi) is 5.96. The van der Waals surface area contributed by atoms with Crippen LogP contribution in [0.25, 0.3) is 0 Å². The number of fused-ring (bicyclic) bond motifs is 1. The summed E-state index contributed by atoms with van der Waals surface area (Å²) in [6.45, 7) is 1.68. The Morgan fingerprint density at radius 1 is 1.17 bits per heavy atom. The summed E-state index contributed by atoms with van der Waals surface area (Å²) >= 11 is 0. The summed E-state index contributed by atoms with van der Waals surface area (Å²) in [6.07, 6.45) is 4.87. The number of imide groups is 1. The van der Waals surface area contributed by atoms with E-state index in [1.54, 1.807) is 31.2 Å². The number of benzene rings is 2. The van der Waals surface area contributed by atoms with Crippen molar-refractivity contribution in [1.82, 2.24) is 0 Å².